The Balaban J connectivity index is 2.20. The van der Waals surface area contributed by atoms with E-state index in [2.05, 4.69) is 18.7 Å². The highest BCUT2D eigenvalue weighted by Gasteiger charge is 2.21. The SMILES string of the molecule is COCC1CCCN(c2cc(CO)cc(C(C)C)n2)C1. The van der Waals surface area contributed by atoms with Crippen molar-refractivity contribution in [3.05, 3.63) is 23.4 Å². The lowest BCUT2D eigenvalue weighted by molar-refractivity contribution is 0.143. The van der Waals surface area contributed by atoms with E-state index in [4.69, 9.17) is 9.72 Å². The van der Waals surface area contributed by atoms with Crippen molar-refractivity contribution in [1.82, 2.24) is 4.98 Å². The number of aliphatic hydroxyl groups excluding tert-OH is 1. The van der Waals surface area contributed by atoms with E-state index in [9.17, 15) is 5.11 Å². The van der Waals surface area contributed by atoms with E-state index in [-0.39, 0.29) is 6.61 Å². The fourth-order valence-corrected chi connectivity index (χ4v) is 2.79. The number of ether oxygens (including phenoxy) is 1. The van der Waals surface area contributed by atoms with Gasteiger partial charge in [0.25, 0.3) is 0 Å². The molecule has 1 unspecified atom stereocenters. The van der Waals surface area contributed by atoms with E-state index in [0.29, 0.717) is 11.8 Å². The number of nitrogens with zero attached hydrogens (tertiary/aromatic N) is 2. The number of aromatic nitrogens is 1. The van der Waals surface area contributed by atoms with Crippen molar-refractivity contribution in [1.29, 1.82) is 0 Å². The van der Waals surface area contributed by atoms with Crippen LogP contribution < -0.4 is 4.90 Å². The van der Waals surface area contributed by atoms with Gasteiger partial charge in [-0.2, -0.15) is 0 Å². The Bertz CT molecular complexity index is 432. The molecule has 1 fully saturated rings. The maximum Gasteiger partial charge on any atom is 0.129 e. The van der Waals surface area contributed by atoms with E-state index in [1.165, 1.54) is 12.8 Å². The Hall–Kier alpha value is -1.13. The lowest BCUT2D eigenvalue weighted by atomic mass is 9.98. The summed E-state index contributed by atoms with van der Waals surface area (Å²) in [5.74, 6) is 1.96. The van der Waals surface area contributed by atoms with Gasteiger partial charge >= 0.3 is 0 Å². The minimum Gasteiger partial charge on any atom is -0.392 e. The first-order valence-electron chi connectivity index (χ1n) is 7.49. The molecule has 112 valence electrons. The van der Waals surface area contributed by atoms with Crippen molar-refractivity contribution in [2.24, 2.45) is 5.92 Å². The zero-order valence-electron chi connectivity index (χ0n) is 12.8. The van der Waals surface area contributed by atoms with Crippen molar-refractivity contribution < 1.29 is 9.84 Å². The third-order valence-electron chi connectivity index (χ3n) is 3.91. The van der Waals surface area contributed by atoms with Gasteiger partial charge in [-0.3, -0.25) is 0 Å². The molecule has 1 N–H and O–H groups in total. The van der Waals surface area contributed by atoms with Gasteiger partial charge < -0.3 is 14.7 Å². The van der Waals surface area contributed by atoms with Gasteiger partial charge in [-0.1, -0.05) is 13.8 Å². The lowest BCUT2D eigenvalue weighted by Crippen LogP contribution is -2.37. The van der Waals surface area contributed by atoms with Crippen molar-refractivity contribution in [2.45, 2.75) is 39.2 Å². The standard InChI is InChI=1S/C16H26N2O2/c1-12(2)15-7-14(10-19)8-16(17-15)18-6-4-5-13(9-18)11-20-3/h7-8,12-13,19H,4-6,9-11H2,1-3H3. The van der Waals surface area contributed by atoms with E-state index in [0.717, 1.165) is 36.8 Å². The van der Waals surface area contributed by atoms with Gasteiger partial charge in [0.15, 0.2) is 0 Å². The number of anilines is 1. The van der Waals surface area contributed by atoms with Gasteiger partial charge in [0.05, 0.1) is 13.2 Å². The van der Waals surface area contributed by atoms with Gasteiger partial charge in [0.2, 0.25) is 0 Å². The molecule has 0 amide bonds. The van der Waals surface area contributed by atoms with Gasteiger partial charge in [-0.15, -0.1) is 0 Å². The quantitative estimate of drug-likeness (QED) is 0.899. The third kappa shape index (κ3) is 3.70. The molecule has 0 bridgehead atoms. The molecule has 0 spiro atoms. The summed E-state index contributed by atoms with van der Waals surface area (Å²) >= 11 is 0. The van der Waals surface area contributed by atoms with Gasteiger partial charge in [-0.05, 0) is 42.4 Å². The molecule has 4 nitrogen and oxygen atoms in total. The molecule has 2 rings (SSSR count). The van der Waals surface area contributed by atoms with Crippen LogP contribution in [-0.2, 0) is 11.3 Å². The first-order chi connectivity index (χ1) is 9.63. The van der Waals surface area contributed by atoms with Crippen molar-refractivity contribution in [2.75, 3.05) is 31.7 Å². The molecule has 1 aromatic rings. The van der Waals surface area contributed by atoms with Crippen LogP contribution in [0.3, 0.4) is 0 Å². The molecular weight excluding hydrogens is 252 g/mol. The number of aliphatic hydroxyl groups is 1. The summed E-state index contributed by atoms with van der Waals surface area (Å²) < 4.78 is 5.29. The van der Waals surface area contributed by atoms with Gasteiger partial charge in [0.1, 0.15) is 5.82 Å². The van der Waals surface area contributed by atoms with Crippen LogP contribution in [-0.4, -0.2) is 36.9 Å². The zero-order chi connectivity index (χ0) is 14.5. The predicted molar refractivity (Wildman–Crippen MR) is 81.1 cm³/mol. The molecular formula is C16H26N2O2. The molecule has 0 radical (unpaired) electrons. The average Bonchev–Trinajstić information content (AvgIpc) is 2.47. The summed E-state index contributed by atoms with van der Waals surface area (Å²) in [4.78, 5) is 7.10. The molecule has 4 heteroatoms. The first kappa shape index (κ1) is 15.3. The topological polar surface area (TPSA) is 45.6 Å². The van der Waals surface area contributed by atoms with Crippen LogP contribution in [0, 0.1) is 5.92 Å². The number of rotatable bonds is 5. The Morgan fingerprint density at radius 1 is 1.45 bits per heavy atom. The van der Waals surface area contributed by atoms with E-state index in [1.54, 1.807) is 7.11 Å². The second kappa shape index (κ2) is 7.04. The average molecular weight is 278 g/mol. The van der Waals surface area contributed by atoms with Crippen LogP contribution in [0.1, 0.15) is 43.9 Å². The summed E-state index contributed by atoms with van der Waals surface area (Å²) in [5.41, 5.74) is 2.01. The Morgan fingerprint density at radius 3 is 2.90 bits per heavy atom. The summed E-state index contributed by atoms with van der Waals surface area (Å²) in [6.45, 7) is 7.19. The maximum absolute atomic E-state index is 9.44. The molecule has 1 aliphatic heterocycles. The van der Waals surface area contributed by atoms with Crippen molar-refractivity contribution in [3.63, 3.8) is 0 Å². The minimum absolute atomic E-state index is 0.0740. The van der Waals surface area contributed by atoms with Gasteiger partial charge in [-0.25, -0.2) is 4.98 Å². The normalized spacial score (nSPS) is 19.6. The van der Waals surface area contributed by atoms with Crippen LogP contribution in [0.4, 0.5) is 5.82 Å². The summed E-state index contributed by atoms with van der Waals surface area (Å²) in [6, 6.07) is 4.02. The number of hydrogen-bond donors (Lipinski definition) is 1. The number of hydrogen-bond acceptors (Lipinski definition) is 4. The fourth-order valence-electron chi connectivity index (χ4n) is 2.79. The maximum atomic E-state index is 9.44. The van der Waals surface area contributed by atoms with Gasteiger partial charge in [0, 0.05) is 25.9 Å². The highest BCUT2D eigenvalue weighted by atomic mass is 16.5. The highest BCUT2D eigenvalue weighted by Crippen LogP contribution is 2.25. The molecule has 0 aromatic carbocycles. The summed E-state index contributed by atoms with van der Waals surface area (Å²) in [7, 11) is 1.76. The minimum atomic E-state index is 0.0740. The Kier molecular flexibility index (Phi) is 5.38. The molecule has 0 aliphatic carbocycles. The van der Waals surface area contributed by atoms with Crippen LogP contribution >= 0.6 is 0 Å². The summed E-state index contributed by atoms with van der Waals surface area (Å²) in [5, 5.41) is 9.44. The van der Waals surface area contributed by atoms with Crippen molar-refractivity contribution >= 4 is 5.82 Å². The van der Waals surface area contributed by atoms with E-state index < -0.39 is 0 Å². The smallest absolute Gasteiger partial charge is 0.129 e. The second-order valence-electron chi connectivity index (χ2n) is 5.98. The molecule has 1 aromatic heterocycles. The Morgan fingerprint density at radius 2 is 2.25 bits per heavy atom. The molecule has 2 heterocycles. The highest BCUT2D eigenvalue weighted by molar-refractivity contribution is 5.43. The fraction of sp³-hybridized carbons (Fsp3) is 0.688. The molecule has 1 aliphatic rings. The largest absolute Gasteiger partial charge is 0.392 e. The van der Waals surface area contributed by atoms with Crippen LogP contribution in [0.5, 0.6) is 0 Å². The molecule has 20 heavy (non-hydrogen) atoms. The van der Waals surface area contributed by atoms with Crippen LogP contribution in [0.2, 0.25) is 0 Å². The molecule has 1 atom stereocenters. The van der Waals surface area contributed by atoms with Crippen LogP contribution in [0.15, 0.2) is 12.1 Å². The summed E-state index contributed by atoms with van der Waals surface area (Å²) in [6.07, 6.45) is 2.40. The number of pyridine rings is 1. The Labute approximate surface area is 121 Å². The molecule has 1 saturated heterocycles. The number of methoxy groups -OCH3 is 1. The zero-order valence-corrected chi connectivity index (χ0v) is 12.8. The monoisotopic (exact) mass is 278 g/mol. The van der Waals surface area contributed by atoms with Crippen molar-refractivity contribution in [3.8, 4) is 0 Å². The third-order valence-corrected chi connectivity index (χ3v) is 3.91. The van der Waals surface area contributed by atoms with E-state index >= 15 is 0 Å². The second-order valence-corrected chi connectivity index (χ2v) is 5.98. The number of piperidine rings is 1. The first-order valence-corrected chi connectivity index (χ1v) is 7.49. The predicted octanol–water partition coefficient (Wildman–Crippen LogP) is 2.56. The lowest BCUT2D eigenvalue weighted by Gasteiger charge is -2.33. The van der Waals surface area contributed by atoms with Crippen LogP contribution in [0.25, 0.3) is 0 Å². The molecule has 0 saturated carbocycles. The van der Waals surface area contributed by atoms with E-state index in [1.807, 2.05) is 12.1 Å².